The fourth-order valence-corrected chi connectivity index (χ4v) is 2.18. The van der Waals surface area contributed by atoms with Gasteiger partial charge in [0.25, 0.3) is 0 Å². The van der Waals surface area contributed by atoms with E-state index in [4.69, 9.17) is 4.74 Å². The molecule has 0 saturated carbocycles. The molecule has 1 heterocycles. The van der Waals surface area contributed by atoms with Crippen molar-refractivity contribution in [3.8, 4) is 0 Å². The van der Waals surface area contributed by atoms with Crippen LogP contribution in [-0.2, 0) is 9.53 Å². The highest BCUT2D eigenvalue weighted by Crippen LogP contribution is 2.24. The number of nitrogens with zero attached hydrogens (tertiary/aromatic N) is 1. The Labute approximate surface area is 128 Å². The van der Waals surface area contributed by atoms with E-state index in [1.54, 1.807) is 11.9 Å². The molecule has 21 heavy (non-hydrogen) atoms. The van der Waals surface area contributed by atoms with E-state index in [1.165, 1.54) is 6.07 Å². The molecule has 0 spiro atoms. The van der Waals surface area contributed by atoms with Gasteiger partial charge in [-0.1, -0.05) is 6.07 Å². The maximum atomic E-state index is 13.2. The molecule has 7 heteroatoms. The van der Waals surface area contributed by atoms with Crippen molar-refractivity contribution < 1.29 is 18.3 Å². The Morgan fingerprint density at radius 2 is 2.19 bits per heavy atom. The SMILES string of the molecule is CNCCC(=O)N1CCOC(c2ccc(F)c(F)c2)C1.Cl. The number of nitrogens with one attached hydrogen (secondary N) is 1. The Hall–Kier alpha value is -1.24. The third-order valence-electron chi connectivity index (χ3n) is 3.32. The normalized spacial score (nSPS) is 18.2. The maximum absolute atomic E-state index is 13.2. The average Bonchev–Trinajstić information content (AvgIpc) is 2.47. The Morgan fingerprint density at radius 1 is 1.43 bits per heavy atom. The molecule has 0 aromatic heterocycles. The lowest BCUT2D eigenvalue weighted by Gasteiger charge is -2.33. The van der Waals surface area contributed by atoms with Crippen LogP contribution in [0.25, 0.3) is 0 Å². The third kappa shape index (κ3) is 4.62. The summed E-state index contributed by atoms with van der Waals surface area (Å²) in [6.45, 7) is 1.91. The standard InChI is InChI=1S/C14H18F2N2O2.ClH/c1-17-5-4-14(19)18-6-7-20-13(9-18)10-2-3-11(15)12(16)8-10;/h2-3,8,13,17H,4-7,9H2,1H3;1H. The summed E-state index contributed by atoms with van der Waals surface area (Å²) in [5.41, 5.74) is 0.551. The highest BCUT2D eigenvalue weighted by Gasteiger charge is 2.25. The molecule has 1 aliphatic rings. The minimum Gasteiger partial charge on any atom is -0.370 e. The van der Waals surface area contributed by atoms with E-state index < -0.39 is 17.7 Å². The average molecular weight is 321 g/mol. The van der Waals surface area contributed by atoms with Crippen molar-refractivity contribution in [1.29, 1.82) is 0 Å². The Bertz CT molecular complexity index is 488. The monoisotopic (exact) mass is 320 g/mol. The van der Waals surface area contributed by atoms with Crippen LogP contribution >= 0.6 is 12.4 Å². The Kier molecular flexibility index (Phi) is 7.01. The van der Waals surface area contributed by atoms with Crippen LogP contribution in [0.2, 0.25) is 0 Å². The highest BCUT2D eigenvalue weighted by molar-refractivity contribution is 5.85. The van der Waals surface area contributed by atoms with E-state index in [2.05, 4.69) is 5.32 Å². The Morgan fingerprint density at radius 3 is 2.86 bits per heavy atom. The van der Waals surface area contributed by atoms with Crippen molar-refractivity contribution in [2.24, 2.45) is 0 Å². The molecule has 1 atom stereocenters. The molecule has 1 aromatic carbocycles. The van der Waals surface area contributed by atoms with Gasteiger partial charge in [-0.15, -0.1) is 12.4 Å². The molecule has 1 N–H and O–H groups in total. The molecule has 1 aliphatic heterocycles. The van der Waals surface area contributed by atoms with Crippen LogP contribution in [0.3, 0.4) is 0 Å². The summed E-state index contributed by atoms with van der Waals surface area (Å²) in [5, 5.41) is 2.92. The van der Waals surface area contributed by atoms with E-state index in [-0.39, 0.29) is 18.3 Å². The number of halogens is 3. The van der Waals surface area contributed by atoms with E-state index in [0.29, 0.717) is 38.2 Å². The van der Waals surface area contributed by atoms with Crippen molar-refractivity contribution in [3.05, 3.63) is 35.4 Å². The van der Waals surface area contributed by atoms with Crippen LogP contribution in [0.15, 0.2) is 18.2 Å². The first-order valence-electron chi connectivity index (χ1n) is 6.60. The van der Waals surface area contributed by atoms with E-state index in [1.807, 2.05) is 0 Å². The fourth-order valence-electron chi connectivity index (χ4n) is 2.18. The predicted octanol–water partition coefficient (Wildman–Crippen LogP) is 1.90. The summed E-state index contributed by atoms with van der Waals surface area (Å²) in [5.74, 6) is -1.74. The lowest BCUT2D eigenvalue weighted by Crippen LogP contribution is -2.43. The van der Waals surface area contributed by atoms with Crippen molar-refractivity contribution in [2.75, 3.05) is 33.3 Å². The van der Waals surface area contributed by atoms with Gasteiger partial charge in [0.05, 0.1) is 13.2 Å². The van der Waals surface area contributed by atoms with Gasteiger partial charge < -0.3 is 15.0 Å². The van der Waals surface area contributed by atoms with Crippen LogP contribution in [-0.4, -0.2) is 44.1 Å². The largest absolute Gasteiger partial charge is 0.370 e. The molecule has 118 valence electrons. The zero-order chi connectivity index (χ0) is 14.5. The third-order valence-corrected chi connectivity index (χ3v) is 3.32. The number of carbonyl (C=O) groups is 1. The molecule has 0 aliphatic carbocycles. The molecule has 0 bridgehead atoms. The molecule has 0 radical (unpaired) electrons. The summed E-state index contributed by atoms with van der Waals surface area (Å²) in [4.78, 5) is 13.7. The number of amides is 1. The van der Waals surface area contributed by atoms with Gasteiger partial charge in [-0.3, -0.25) is 4.79 Å². The lowest BCUT2D eigenvalue weighted by atomic mass is 10.1. The van der Waals surface area contributed by atoms with Crippen LogP contribution in [0.1, 0.15) is 18.1 Å². The van der Waals surface area contributed by atoms with Crippen molar-refractivity contribution >= 4 is 18.3 Å². The molecule has 1 aromatic rings. The van der Waals surface area contributed by atoms with Gasteiger partial charge in [0.1, 0.15) is 6.10 Å². The molecule has 1 saturated heterocycles. The summed E-state index contributed by atoms with van der Waals surface area (Å²) in [6.07, 6.45) is 0.0125. The minimum absolute atomic E-state index is 0. The predicted molar refractivity (Wildman–Crippen MR) is 77.4 cm³/mol. The molecular formula is C14H19ClF2N2O2. The molecule has 1 amide bonds. The first kappa shape index (κ1) is 17.8. The van der Waals surface area contributed by atoms with Crippen LogP contribution in [0, 0.1) is 11.6 Å². The van der Waals surface area contributed by atoms with E-state index in [0.717, 1.165) is 12.1 Å². The van der Waals surface area contributed by atoms with E-state index >= 15 is 0 Å². The van der Waals surface area contributed by atoms with Gasteiger partial charge in [0.2, 0.25) is 5.91 Å². The first-order valence-corrected chi connectivity index (χ1v) is 6.60. The molecule has 2 rings (SSSR count). The summed E-state index contributed by atoms with van der Waals surface area (Å²) < 4.78 is 31.7. The topological polar surface area (TPSA) is 41.6 Å². The number of benzene rings is 1. The summed E-state index contributed by atoms with van der Waals surface area (Å²) in [7, 11) is 1.79. The number of hydrogen-bond donors (Lipinski definition) is 1. The first-order chi connectivity index (χ1) is 9.61. The maximum Gasteiger partial charge on any atom is 0.224 e. The van der Waals surface area contributed by atoms with E-state index in [9.17, 15) is 13.6 Å². The quantitative estimate of drug-likeness (QED) is 0.921. The van der Waals surface area contributed by atoms with Gasteiger partial charge in [-0.25, -0.2) is 8.78 Å². The van der Waals surface area contributed by atoms with Gasteiger partial charge >= 0.3 is 0 Å². The second-order valence-corrected chi connectivity index (χ2v) is 4.73. The second-order valence-electron chi connectivity index (χ2n) is 4.73. The Balaban J connectivity index is 0.00000220. The molecule has 4 nitrogen and oxygen atoms in total. The number of hydrogen-bond acceptors (Lipinski definition) is 3. The van der Waals surface area contributed by atoms with Crippen molar-refractivity contribution in [3.63, 3.8) is 0 Å². The lowest BCUT2D eigenvalue weighted by molar-refractivity contribution is -0.138. The number of morpholine rings is 1. The zero-order valence-corrected chi connectivity index (χ0v) is 12.6. The smallest absolute Gasteiger partial charge is 0.224 e. The van der Waals surface area contributed by atoms with Gasteiger partial charge in [-0.2, -0.15) is 0 Å². The van der Waals surface area contributed by atoms with Gasteiger partial charge in [0.15, 0.2) is 11.6 Å². The van der Waals surface area contributed by atoms with Crippen LogP contribution in [0.5, 0.6) is 0 Å². The zero-order valence-electron chi connectivity index (χ0n) is 11.8. The summed E-state index contributed by atoms with van der Waals surface area (Å²) in [6, 6.07) is 3.70. The second kappa shape index (κ2) is 8.26. The fraction of sp³-hybridized carbons (Fsp3) is 0.500. The highest BCUT2D eigenvalue weighted by atomic mass is 35.5. The molecule has 1 fully saturated rings. The summed E-state index contributed by atoms with van der Waals surface area (Å²) >= 11 is 0. The van der Waals surface area contributed by atoms with Gasteiger partial charge in [0, 0.05) is 19.5 Å². The van der Waals surface area contributed by atoms with Gasteiger partial charge in [-0.05, 0) is 24.7 Å². The number of carbonyl (C=O) groups excluding carboxylic acids is 1. The molecule has 1 unspecified atom stereocenters. The number of ether oxygens (including phenoxy) is 1. The minimum atomic E-state index is -0.898. The van der Waals surface area contributed by atoms with Crippen LogP contribution < -0.4 is 5.32 Å². The van der Waals surface area contributed by atoms with Crippen molar-refractivity contribution in [2.45, 2.75) is 12.5 Å². The number of rotatable bonds is 4. The van der Waals surface area contributed by atoms with Crippen molar-refractivity contribution in [1.82, 2.24) is 10.2 Å². The van der Waals surface area contributed by atoms with Crippen LogP contribution in [0.4, 0.5) is 8.78 Å². The molecular weight excluding hydrogens is 302 g/mol.